The van der Waals surface area contributed by atoms with E-state index in [0.29, 0.717) is 29.8 Å². The van der Waals surface area contributed by atoms with Gasteiger partial charge in [-0.05, 0) is 32.6 Å². The second-order valence-corrected chi connectivity index (χ2v) is 8.05. The zero-order valence-corrected chi connectivity index (χ0v) is 17.4. The minimum atomic E-state index is -2.99. The summed E-state index contributed by atoms with van der Waals surface area (Å²) >= 11 is 0. The summed E-state index contributed by atoms with van der Waals surface area (Å²) in [6, 6.07) is 2.16. The Morgan fingerprint density at radius 3 is 2.74 bits per heavy atom. The number of ether oxygens (including phenoxy) is 1. The van der Waals surface area contributed by atoms with E-state index in [1.165, 1.54) is 18.7 Å². The third kappa shape index (κ3) is 6.68. The van der Waals surface area contributed by atoms with Gasteiger partial charge in [-0.15, -0.1) is 0 Å². The van der Waals surface area contributed by atoms with E-state index in [1.54, 1.807) is 0 Å². The summed E-state index contributed by atoms with van der Waals surface area (Å²) in [5, 5.41) is 25.7. The summed E-state index contributed by atoms with van der Waals surface area (Å²) < 4.78 is 31.3. The molecule has 2 heterocycles. The smallest absolute Gasteiger partial charge is 0.278 e. The molecule has 0 unspecified atom stereocenters. The summed E-state index contributed by atoms with van der Waals surface area (Å²) in [5.41, 5.74) is 0.109. The Labute approximate surface area is 178 Å². The van der Waals surface area contributed by atoms with Crippen LogP contribution < -0.4 is 15.4 Å². The van der Waals surface area contributed by atoms with Crippen molar-refractivity contribution in [3.63, 3.8) is 0 Å². The largest absolute Gasteiger partial charge is 0.471 e. The molecule has 0 aliphatic heterocycles. The molecule has 0 radical (unpaired) electrons. The van der Waals surface area contributed by atoms with Crippen LogP contribution in [0.3, 0.4) is 0 Å². The van der Waals surface area contributed by atoms with E-state index in [4.69, 9.17) is 4.74 Å². The summed E-state index contributed by atoms with van der Waals surface area (Å²) in [4.78, 5) is 16.3. The zero-order chi connectivity index (χ0) is 22.5. The summed E-state index contributed by atoms with van der Waals surface area (Å²) in [7, 11) is 0. The van der Waals surface area contributed by atoms with Crippen LogP contribution in [0.25, 0.3) is 0 Å². The van der Waals surface area contributed by atoms with Crippen LogP contribution in [0, 0.1) is 11.3 Å². The van der Waals surface area contributed by atoms with E-state index in [1.807, 2.05) is 6.92 Å². The van der Waals surface area contributed by atoms with Crippen LogP contribution in [0.4, 0.5) is 20.5 Å². The molecule has 1 aliphatic rings. The van der Waals surface area contributed by atoms with E-state index in [9.17, 15) is 19.1 Å². The number of rotatable bonds is 8. The Kier molecular flexibility index (Phi) is 6.80. The lowest BCUT2D eigenvalue weighted by Gasteiger charge is -2.33. The first-order chi connectivity index (χ1) is 14.6. The van der Waals surface area contributed by atoms with Crippen molar-refractivity contribution in [3.8, 4) is 11.9 Å². The Morgan fingerprint density at radius 1 is 1.32 bits per heavy atom. The van der Waals surface area contributed by atoms with Gasteiger partial charge in [-0.1, -0.05) is 0 Å². The Morgan fingerprint density at radius 2 is 2.06 bits per heavy atom. The van der Waals surface area contributed by atoms with E-state index in [-0.39, 0.29) is 24.4 Å². The molecule has 9 nitrogen and oxygen atoms in total. The molecule has 1 saturated carbocycles. The number of nitrogens with one attached hydrogen (secondary N) is 2. The fourth-order valence-electron chi connectivity index (χ4n) is 3.20. The first-order valence-corrected chi connectivity index (χ1v) is 9.95. The van der Waals surface area contributed by atoms with Gasteiger partial charge in [0.15, 0.2) is 6.61 Å². The molecule has 166 valence electrons. The summed E-state index contributed by atoms with van der Waals surface area (Å²) in [6.45, 7) is 1.93. The minimum Gasteiger partial charge on any atom is -0.471 e. The molecule has 0 saturated heterocycles. The molecule has 3 N–H and O–H groups in total. The predicted octanol–water partition coefficient (Wildman–Crippen LogP) is 2.89. The van der Waals surface area contributed by atoms with Crippen LogP contribution >= 0.6 is 0 Å². The van der Waals surface area contributed by atoms with Gasteiger partial charge < -0.3 is 20.5 Å². The molecule has 1 aliphatic carbocycles. The van der Waals surface area contributed by atoms with Crippen molar-refractivity contribution >= 4 is 11.8 Å². The molecular formula is C20H25F2N7O2. The molecule has 1 fully saturated rings. The second kappa shape index (κ2) is 9.34. The quantitative estimate of drug-likeness (QED) is 0.575. The normalized spacial score (nSPS) is 21.2. The molecule has 2 aromatic heterocycles. The van der Waals surface area contributed by atoms with Crippen molar-refractivity contribution in [2.24, 2.45) is 0 Å². The third-order valence-electron chi connectivity index (χ3n) is 4.96. The van der Waals surface area contributed by atoms with Gasteiger partial charge in [0.25, 0.3) is 5.92 Å². The van der Waals surface area contributed by atoms with Crippen molar-refractivity contribution in [2.75, 3.05) is 17.2 Å². The van der Waals surface area contributed by atoms with E-state index >= 15 is 0 Å². The number of hydrogen-bond acceptors (Lipinski definition) is 9. The topological polar surface area (TPSA) is 129 Å². The van der Waals surface area contributed by atoms with Crippen LogP contribution in [0.15, 0.2) is 18.7 Å². The molecule has 11 heteroatoms. The molecule has 31 heavy (non-hydrogen) atoms. The maximum absolute atomic E-state index is 13.1. The number of aliphatic hydroxyl groups is 1. The maximum atomic E-state index is 13.1. The summed E-state index contributed by atoms with van der Waals surface area (Å²) in [6.07, 6.45) is 6.93. The number of alkyl halides is 2. The SMILES string of the molecule is CC(F)(F)COc1ncncc1CNc1ncc(C#N)c(N[C@H]2CC[C@@](C)(O)CC2)n1. The number of halogens is 2. The van der Waals surface area contributed by atoms with Crippen molar-refractivity contribution in [1.82, 2.24) is 19.9 Å². The van der Waals surface area contributed by atoms with Crippen molar-refractivity contribution in [3.05, 3.63) is 29.8 Å². The molecule has 0 spiro atoms. The Balaban J connectivity index is 1.67. The van der Waals surface area contributed by atoms with Gasteiger partial charge in [-0.25, -0.2) is 23.7 Å². The third-order valence-corrected chi connectivity index (χ3v) is 4.96. The Hall–Kier alpha value is -3.13. The maximum Gasteiger partial charge on any atom is 0.278 e. The van der Waals surface area contributed by atoms with Gasteiger partial charge in [0.2, 0.25) is 11.8 Å². The van der Waals surface area contributed by atoms with Gasteiger partial charge in [0.1, 0.15) is 23.8 Å². The van der Waals surface area contributed by atoms with E-state index in [0.717, 1.165) is 19.8 Å². The molecule has 0 aromatic carbocycles. The first-order valence-electron chi connectivity index (χ1n) is 9.95. The average Bonchev–Trinajstić information content (AvgIpc) is 2.72. The highest BCUT2D eigenvalue weighted by Gasteiger charge is 2.29. The second-order valence-electron chi connectivity index (χ2n) is 8.05. The molecule has 3 rings (SSSR count). The number of aromatic nitrogens is 4. The molecule has 2 aromatic rings. The zero-order valence-electron chi connectivity index (χ0n) is 17.4. The fourth-order valence-corrected chi connectivity index (χ4v) is 3.20. The minimum absolute atomic E-state index is 0.0466. The molecular weight excluding hydrogens is 408 g/mol. The van der Waals surface area contributed by atoms with Crippen molar-refractivity contribution < 1.29 is 18.6 Å². The highest BCUT2D eigenvalue weighted by molar-refractivity contribution is 5.54. The molecule has 0 atom stereocenters. The van der Waals surface area contributed by atoms with Crippen LogP contribution in [-0.2, 0) is 6.54 Å². The average molecular weight is 433 g/mol. The van der Waals surface area contributed by atoms with Crippen molar-refractivity contribution in [1.29, 1.82) is 5.26 Å². The lowest BCUT2D eigenvalue weighted by molar-refractivity contribution is -0.0245. The van der Waals surface area contributed by atoms with E-state index in [2.05, 4.69) is 36.6 Å². The first kappa shape index (κ1) is 22.6. The predicted molar refractivity (Wildman–Crippen MR) is 109 cm³/mol. The highest BCUT2D eigenvalue weighted by Crippen LogP contribution is 2.30. The van der Waals surface area contributed by atoms with Gasteiger partial charge >= 0.3 is 0 Å². The van der Waals surface area contributed by atoms with Crippen LogP contribution in [-0.4, -0.2) is 49.2 Å². The number of nitriles is 1. The van der Waals surface area contributed by atoms with Crippen molar-refractivity contribution in [2.45, 2.75) is 63.6 Å². The van der Waals surface area contributed by atoms with Crippen LogP contribution in [0.2, 0.25) is 0 Å². The van der Waals surface area contributed by atoms with Gasteiger partial charge in [0, 0.05) is 25.7 Å². The van der Waals surface area contributed by atoms with Gasteiger partial charge in [-0.2, -0.15) is 10.2 Å². The number of hydrogen-bond donors (Lipinski definition) is 3. The lowest BCUT2D eigenvalue weighted by Crippen LogP contribution is -2.36. The van der Waals surface area contributed by atoms with Gasteiger partial charge in [0.05, 0.1) is 17.4 Å². The van der Waals surface area contributed by atoms with Gasteiger partial charge in [-0.3, -0.25) is 0 Å². The number of nitrogens with zero attached hydrogens (tertiary/aromatic N) is 5. The fraction of sp³-hybridized carbons (Fsp3) is 0.550. The Bertz CT molecular complexity index is 934. The molecule has 0 bridgehead atoms. The van der Waals surface area contributed by atoms with Crippen LogP contribution in [0.5, 0.6) is 5.88 Å². The van der Waals surface area contributed by atoms with E-state index < -0.39 is 18.1 Å². The standard InChI is InChI=1S/C20H25F2N7O2/c1-19(30)5-3-15(4-6-19)28-16-13(7-23)9-25-18(29-16)26-10-14-8-24-12-27-17(14)31-11-20(2,21)22/h8-9,12,15,30H,3-6,10-11H2,1-2H3,(H2,25,26,28,29)/t15-,19+. The van der Waals surface area contributed by atoms with Crippen LogP contribution in [0.1, 0.15) is 50.7 Å². The number of anilines is 2. The highest BCUT2D eigenvalue weighted by atomic mass is 19.3. The lowest BCUT2D eigenvalue weighted by atomic mass is 9.83. The molecule has 0 amide bonds. The summed E-state index contributed by atoms with van der Waals surface area (Å²) in [5.74, 6) is -2.29. The monoisotopic (exact) mass is 433 g/mol.